The van der Waals surface area contributed by atoms with Gasteiger partial charge in [0, 0.05) is 42.3 Å². The molecule has 2 N–H and O–H groups in total. The van der Waals surface area contributed by atoms with Crippen LogP contribution in [-0.4, -0.2) is 42.1 Å². The van der Waals surface area contributed by atoms with Gasteiger partial charge < -0.3 is 15.5 Å². The van der Waals surface area contributed by atoms with Crippen LogP contribution in [0.15, 0.2) is 28.7 Å². The summed E-state index contributed by atoms with van der Waals surface area (Å²) in [4.78, 5) is 23.5. The smallest absolute Gasteiger partial charge is 0.251 e. The number of aromatic nitrogens is 2. The molecule has 0 unspecified atom stereocenters. The second kappa shape index (κ2) is 8.90. The lowest BCUT2D eigenvalue weighted by Crippen LogP contribution is -2.40. The summed E-state index contributed by atoms with van der Waals surface area (Å²) in [7, 11) is 3.96. The molecule has 0 bridgehead atoms. The van der Waals surface area contributed by atoms with Gasteiger partial charge in [0.15, 0.2) is 0 Å². The zero-order valence-electron chi connectivity index (χ0n) is 16.9. The Labute approximate surface area is 175 Å². The van der Waals surface area contributed by atoms with Crippen LogP contribution in [0.1, 0.15) is 47.4 Å². The first-order valence-corrected chi connectivity index (χ1v) is 10.5. The van der Waals surface area contributed by atoms with Crippen molar-refractivity contribution in [1.29, 1.82) is 0 Å². The third-order valence-corrected chi connectivity index (χ3v) is 6.01. The lowest BCUT2D eigenvalue weighted by molar-refractivity contribution is 0.0926. The zero-order chi connectivity index (χ0) is 20.3. The summed E-state index contributed by atoms with van der Waals surface area (Å²) in [5.41, 5.74) is 1.78. The molecule has 7 heteroatoms. The van der Waals surface area contributed by atoms with Crippen molar-refractivity contribution in [3.8, 4) is 0 Å². The van der Waals surface area contributed by atoms with E-state index in [2.05, 4.69) is 36.5 Å². The minimum Gasteiger partial charge on any atom is -0.367 e. The number of carbonyl (C=O) groups is 1. The van der Waals surface area contributed by atoms with Crippen molar-refractivity contribution in [2.24, 2.45) is 0 Å². The molecule has 1 amide bonds. The van der Waals surface area contributed by atoms with E-state index in [1.165, 1.54) is 0 Å². The number of aryl methyl sites for hydroxylation is 2. The summed E-state index contributed by atoms with van der Waals surface area (Å²) in [5, 5.41) is 6.73. The summed E-state index contributed by atoms with van der Waals surface area (Å²) >= 11 is 3.48. The van der Waals surface area contributed by atoms with Crippen LogP contribution in [0.25, 0.3) is 0 Å². The van der Waals surface area contributed by atoms with Crippen molar-refractivity contribution in [2.75, 3.05) is 24.3 Å². The van der Waals surface area contributed by atoms with Crippen LogP contribution in [0.3, 0.4) is 0 Å². The number of halogens is 1. The topological polar surface area (TPSA) is 70.2 Å². The molecule has 0 atom stereocenters. The molecule has 1 aromatic heterocycles. The number of hydrogen-bond acceptors (Lipinski definition) is 5. The summed E-state index contributed by atoms with van der Waals surface area (Å²) in [5.74, 6) is 2.54. The van der Waals surface area contributed by atoms with E-state index in [4.69, 9.17) is 0 Å². The van der Waals surface area contributed by atoms with E-state index in [9.17, 15) is 4.79 Å². The van der Waals surface area contributed by atoms with Gasteiger partial charge in [-0.05, 0) is 63.3 Å². The molecular formula is C21H28BrN5O. The Bertz CT molecular complexity index is 847. The Morgan fingerprint density at radius 3 is 2.39 bits per heavy atom. The van der Waals surface area contributed by atoms with Crippen LogP contribution in [0, 0.1) is 13.8 Å². The number of benzene rings is 1. The number of nitrogens with zero attached hydrogens (tertiary/aromatic N) is 3. The predicted molar refractivity (Wildman–Crippen MR) is 117 cm³/mol. The number of carbonyl (C=O) groups excluding carboxylic acids is 1. The van der Waals surface area contributed by atoms with E-state index >= 15 is 0 Å². The van der Waals surface area contributed by atoms with Crippen LogP contribution >= 0.6 is 15.9 Å². The quantitative estimate of drug-likeness (QED) is 0.725. The molecule has 1 saturated carbocycles. The molecule has 1 aromatic carbocycles. The van der Waals surface area contributed by atoms with Gasteiger partial charge in [-0.3, -0.25) is 4.79 Å². The maximum atomic E-state index is 12.5. The van der Waals surface area contributed by atoms with Gasteiger partial charge in [0.05, 0.1) is 0 Å². The van der Waals surface area contributed by atoms with Crippen LogP contribution < -0.4 is 15.5 Å². The summed E-state index contributed by atoms with van der Waals surface area (Å²) in [6.07, 6.45) is 3.93. The Balaban J connectivity index is 1.53. The minimum atomic E-state index is 0.00839. The van der Waals surface area contributed by atoms with Crippen molar-refractivity contribution in [1.82, 2.24) is 15.3 Å². The number of rotatable bonds is 5. The molecule has 0 spiro atoms. The SMILES string of the molecule is Cc1nc(NC2CCC(NC(=O)c3ccc(Br)c(C)c3)CC2)cc(N(C)C)n1. The van der Waals surface area contributed by atoms with E-state index in [0.717, 1.165) is 53.2 Å². The average molecular weight is 446 g/mol. The van der Waals surface area contributed by atoms with Crippen LogP contribution in [0.4, 0.5) is 11.6 Å². The van der Waals surface area contributed by atoms with Gasteiger partial charge in [0.2, 0.25) is 0 Å². The molecule has 0 saturated heterocycles. The highest BCUT2D eigenvalue weighted by Crippen LogP contribution is 2.24. The van der Waals surface area contributed by atoms with Crippen molar-refractivity contribution in [3.05, 3.63) is 45.7 Å². The molecule has 28 heavy (non-hydrogen) atoms. The molecule has 1 aliphatic carbocycles. The van der Waals surface area contributed by atoms with Gasteiger partial charge in [-0.15, -0.1) is 0 Å². The molecular weight excluding hydrogens is 418 g/mol. The Hall–Kier alpha value is -2.15. The number of anilines is 2. The van der Waals surface area contributed by atoms with Crippen LogP contribution in [0.2, 0.25) is 0 Å². The third kappa shape index (κ3) is 5.22. The Morgan fingerprint density at radius 1 is 1.07 bits per heavy atom. The van der Waals surface area contributed by atoms with Gasteiger partial charge in [0.1, 0.15) is 17.5 Å². The van der Waals surface area contributed by atoms with Crippen molar-refractivity contribution >= 4 is 33.5 Å². The molecule has 1 aliphatic rings. The normalized spacial score (nSPS) is 19.2. The molecule has 6 nitrogen and oxygen atoms in total. The highest BCUT2D eigenvalue weighted by atomic mass is 79.9. The second-order valence-corrected chi connectivity index (χ2v) is 8.54. The third-order valence-electron chi connectivity index (χ3n) is 5.12. The highest BCUT2D eigenvalue weighted by molar-refractivity contribution is 9.10. The zero-order valence-corrected chi connectivity index (χ0v) is 18.5. The second-order valence-electron chi connectivity index (χ2n) is 7.68. The van der Waals surface area contributed by atoms with Crippen LogP contribution in [-0.2, 0) is 0 Å². The summed E-state index contributed by atoms with van der Waals surface area (Å²) in [6.45, 7) is 3.91. The monoisotopic (exact) mass is 445 g/mol. The number of hydrogen-bond donors (Lipinski definition) is 2. The fraction of sp³-hybridized carbons (Fsp3) is 0.476. The molecule has 150 valence electrons. The van der Waals surface area contributed by atoms with E-state index in [1.54, 1.807) is 0 Å². The van der Waals surface area contributed by atoms with Gasteiger partial charge >= 0.3 is 0 Å². The van der Waals surface area contributed by atoms with Gasteiger partial charge in [-0.2, -0.15) is 0 Å². The van der Waals surface area contributed by atoms with Crippen molar-refractivity contribution < 1.29 is 4.79 Å². The molecule has 0 aliphatic heterocycles. The summed E-state index contributed by atoms with van der Waals surface area (Å²) < 4.78 is 1.02. The minimum absolute atomic E-state index is 0.00839. The molecule has 2 aromatic rings. The lowest BCUT2D eigenvalue weighted by atomic mass is 9.91. The number of nitrogens with one attached hydrogen (secondary N) is 2. The first-order valence-electron chi connectivity index (χ1n) is 9.68. The van der Waals surface area contributed by atoms with E-state index < -0.39 is 0 Å². The van der Waals surface area contributed by atoms with E-state index in [-0.39, 0.29) is 11.9 Å². The van der Waals surface area contributed by atoms with Gasteiger partial charge in [-0.1, -0.05) is 15.9 Å². The Morgan fingerprint density at radius 2 is 1.75 bits per heavy atom. The fourth-order valence-corrected chi connectivity index (χ4v) is 3.75. The first kappa shape index (κ1) is 20.6. The summed E-state index contributed by atoms with van der Waals surface area (Å²) in [6, 6.07) is 8.28. The van der Waals surface area contributed by atoms with Gasteiger partial charge in [0.25, 0.3) is 5.91 Å². The van der Waals surface area contributed by atoms with Crippen molar-refractivity contribution in [2.45, 2.75) is 51.6 Å². The van der Waals surface area contributed by atoms with E-state index in [1.807, 2.05) is 57.1 Å². The van der Waals surface area contributed by atoms with E-state index in [0.29, 0.717) is 11.6 Å². The van der Waals surface area contributed by atoms with Crippen LogP contribution in [0.5, 0.6) is 0 Å². The largest absolute Gasteiger partial charge is 0.367 e. The average Bonchev–Trinajstić information content (AvgIpc) is 2.65. The molecule has 1 heterocycles. The fourth-order valence-electron chi connectivity index (χ4n) is 3.50. The standard InChI is InChI=1S/C21H28BrN5O/c1-13-11-15(5-10-18(13)22)21(28)26-17-8-6-16(7-9-17)25-19-12-20(27(3)4)24-14(2)23-19/h5,10-12,16-17H,6-9H2,1-4H3,(H,26,28)(H,23,24,25). The maximum Gasteiger partial charge on any atom is 0.251 e. The molecule has 1 fully saturated rings. The maximum absolute atomic E-state index is 12.5. The number of amides is 1. The first-order chi connectivity index (χ1) is 13.3. The van der Waals surface area contributed by atoms with Crippen molar-refractivity contribution in [3.63, 3.8) is 0 Å². The Kier molecular flexibility index (Phi) is 6.54. The molecule has 0 radical (unpaired) electrons. The molecule has 3 rings (SSSR count). The lowest BCUT2D eigenvalue weighted by Gasteiger charge is -2.30. The van der Waals surface area contributed by atoms with Gasteiger partial charge in [-0.25, -0.2) is 9.97 Å². The predicted octanol–water partition coefficient (Wildman–Crippen LogP) is 4.08. The highest BCUT2D eigenvalue weighted by Gasteiger charge is 2.23.